The Labute approximate surface area is 60.5 Å². The van der Waals surface area contributed by atoms with Gasteiger partial charge in [0.2, 0.25) is 0 Å². The van der Waals surface area contributed by atoms with Crippen molar-refractivity contribution >= 4 is 0 Å². The molecule has 0 saturated carbocycles. The molecule has 0 bridgehead atoms. The third-order valence-electron chi connectivity index (χ3n) is 1.80. The highest BCUT2D eigenvalue weighted by molar-refractivity contribution is 5.20. The first-order chi connectivity index (χ1) is 4.74. The van der Waals surface area contributed by atoms with Gasteiger partial charge in [-0.05, 0) is 18.4 Å². The van der Waals surface area contributed by atoms with E-state index in [0.29, 0.717) is 12.3 Å². The van der Waals surface area contributed by atoms with Crippen LogP contribution in [0.4, 0.5) is 0 Å². The van der Waals surface area contributed by atoms with Gasteiger partial charge in [-0.15, -0.1) is 0 Å². The van der Waals surface area contributed by atoms with E-state index < -0.39 is 0 Å². The Kier molecular flexibility index (Phi) is 2.00. The van der Waals surface area contributed by atoms with Gasteiger partial charge in [0.1, 0.15) is 5.76 Å². The maximum absolute atomic E-state index is 9.06. The number of aliphatic hydroxyl groups is 2. The van der Waals surface area contributed by atoms with E-state index in [1.54, 1.807) is 6.08 Å². The van der Waals surface area contributed by atoms with Crippen molar-refractivity contribution in [3.05, 3.63) is 23.7 Å². The van der Waals surface area contributed by atoms with Crippen molar-refractivity contribution in [1.82, 2.24) is 0 Å². The van der Waals surface area contributed by atoms with Gasteiger partial charge in [-0.25, -0.2) is 0 Å². The highest BCUT2D eigenvalue weighted by atomic mass is 16.3. The Hall–Kier alpha value is -0.920. The van der Waals surface area contributed by atoms with Crippen LogP contribution in [0.3, 0.4) is 0 Å². The normalized spacial score (nSPS) is 25.5. The van der Waals surface area contributed by atoms with Gasteiger partial charge in [0.15, 0.2) is 5.76 Å². The standard InChI is InChI=1S/C8H12O2/c1-2-6-3-4-7(9)8(10)5-6/h3-4,6,9-10H,2,5H2,1H3. The summed E-state index contributed by atoms with van der Waals surface area (Å²) in [6.07, 6.45) is 5.08. The van der Waals surface area contributed by atoms with Crippen LogP contribution in [0.25, 0.3) is 0 Å². The minimum absolute atomic E-state index is 0.0182. The lowest BCUT2D eigenvalue weighted by Crippen LogP contribution is -2.03. The van der Waals surface area contributed by atoms with Crippen molar-refractivity contribution < 1.29 is 10.2 Å². The lowest BCUT2D eigenvalue weighted by atomic mass is 9.96. The molecule has 1 rings (SSSR count). The molecule has 2 N–H and O–H groups in total. The third-order valence-corrected chi connectivity index (χ3v) is 1.80. The number of rotatable bonds is 1. The van der Waals surface area contributed by atoms with E-state index in [0.717, 1.165) is 6.42 Å². The highest BCUT2D eigenvalue weighted by Gasteiger charge is 2.12. The van der Waals surface area contributed by atoms with E-state index in [-0.39, 0.29) is 11.5 Å². The summed E-state index contributed by atoms with van der Waals surface area (Å²) in [6.45, 7) is 2.06. The summed E-state index contributed by atoms with van der Waals surface area (Å²) in [5.74, 6) is 0.537. The third kappa shape index (κ3) is 1.32. The lowest BCUT2D eigenvalue weighted by molar-refractivity contribution is 0.301. The van der Waals surface area contributed by atoms with Crippen LogP contribution in [0, 0.1) is 5.92 Å². The molecule has 0 aromatic rings. The second kappa shape index (κ2) is 2.78. The molecule has 0 radical (unpaired) electrons. The second-order valence-electron chi connectivity index (χ2n) is 2.56. The summed E-state index contributed by atoms with van der Waals surface area (Å²) >= 11 is 0. The average Bonchev–Trinajstić information content (AvgIpc) is 1.95. The molecule has 1 aliphatic carbocycles. The number of allylic oxidation sites excluding steroid dienone is 3. The lowest BCUT2D eigenvalue weighted by Gasteiger charge is -2.13. The molecule has 10 heavy (non-hydrogen) atoms. The zero-order chi connectivity index (χ0) is 7.56. The van der Waals surface area contributed by atoms with E-state index in [2.05, 4.69) is 6.92 Å². The molecule has 2 nitrogen and oxygen atoms in total. The summed E-state index contributed by atoms with van der Waals surface area (Å²) in [7, 11) is 0. The molecule has 0 aliphatic heterocycles. The summed E-state index contributed by atoms with van der Waals surface area (Å²) in [6, 6.07) is 0. The topological polar surface area (TPSA) is 40.5 Å². The molecule has 2 heteroatoms. The second-order valence-corrected chi connectivity index (χ2v) is 2.56. The first-order valence-corrected chi connectivity index (χ1v) is 3.53. The fraction of sp³-hybridized carbons (Fsp3) is 0.500. The molecule has 0 amide bonds. The number of aliphatic hydroxyl groups excluding tert-OH is 2. The Morgan fingerprint density at radius 3 is 2.80 bits per heavy atom. The van der Waals surface area contributed by atoms with Crippen molar-refractivity contribution in [3.63, 3.8) is 0 Å². The largest absolute Gasteiger partial charge is 0.508 e. The van der Waals surface area contributed by atoms with Crippen LogP contribution >= 0.6 is 0 Å². The van der Waals surface area contributed by atoms with Crippen LogP contribution in [0.2, 0.25) is 0 Å². The van der Waals surface area contributed by atoms with Gasteiger partial charge in [0.25, 0.3) is 0 Å². The van der Waals surface area contributed by atoms with E-state index >= 15 is 0 Å². The van der Waals surface area contributed by atoms with Gasteiger partial charge >= 0.3 is 0 Å². The first kappa shape index (κ1) is 7.19. The van der Waals surface area contributed by atoms with Crippen molar-refractivity contribution in [3.8, 4) is 0 Å². The van der Waals surface area contributed by atoms with Crippen LogP contribution in [0.5, 0.6) is 0 Å². The van der Waals surface area contributed by atoms with Gasteiger partial charge < -0.3 is 10.2 Å². The van der Waals surface area contributed by atoms with E-state index in [1.165, 1.54) is 0 Å². The Bertz CT molecular complexity index is 180. The van der Waals surface area contributed by atoms with E-state index in [4.69, 9.17) is 10.2 Å². The number of hydrogen-bond acceptors (Lipinski definition) is 2. The highest BCUT2D eigenvalue weighted by Crippen LogP contribution is 2.22. The van der Waals surface area contributed by atoms with Gasteiger partial charge in [0, 0.05) is 6.42 Å². The molecule has 0 saturated heterocycles. The number of hydrogen-bond donors (Lipinski definition) is 2. The maximum atomic E-state index is 9.06. The quantitative estimate of drug-likeness (QED) is 0.586. The molecule has 0 fully saturated rings. The van der Waals surface area contributed by atoms with Crippen LogP contribution < -0.4 is 0 Å². The SMILES string of the molecule is CCC1C=CC(O)=C(O)C1. The van der Waals surface area contributed by atoms with E-state index in [1.807, 2.05) is 6.08 Å². The molecule has 0 aromatic carbocycles. The monoisotopic (exact) mass is 140 g/mol. The van der Waals surface area contributed by atoms with Crippen molar-refractivity contribution in [1.29, 1.82) is 0 Å². The van der Waals surface area contributed by atoms with Gasteiger partial charge in [-0.2, -0.15) is 0 Å². The predicted molar refractivity (Wildman–Crippen MR) is 39.8 cm³/mol. The van der Waals surface area contributed by atoms with Crippen LogP contribution in [0.15, 0.2) is 23.7 Å². The van der Waals surface area contributed by atoms with E-state index in [9.17, 15) is 0 Å². The molecule has 0 spiro atoms. The van der Waals surface area contributed by atoms with Crippen LogP contribution in [-0.2, 0) is 0 Å². The molecule has 1 unspecified atom stereocenters. The average molecular weight is 140 g/mol. The Morgan fingerprint density at radius 1 is 1.60 bits per heavy atom. The fourth-order valence-electron chi connectivity index (χ4n) is 1.02. The molecule has 0 aromatic heterocycles. The predicted octanol–water partition coefficient (Wildman–Crippen LogP) is 2.30. The van der Waals surface area contributed by atoms with Gasteiger partial charge in [-0.1, -0.05) is 13.0 Å². The molecular formula is C8H12O2. The summed E-state index contributed by atoms with van der Waals surface area (Å²) < 4.78 is 0. The summed E-state index contributed by atoms with van der Waals surface area (Å²) in [5, 5.41) is 18.0. The smallest absolute Gasteiger partial charge is 0.152 e. The molecule has 56 valence electrons. The van der Waals surface area contributed by atoms with Crippen molar-refractivity contribution in [2.45, 2.75) is 19.8 Å². The zero-order valence-electron chi connectivity index (χ0n) is 6.04. The van der Waals surface area contributed by atoms with Gasteiger partial charge in [0.05, 0.1) is 0 Å². The zero-order valence-corrected chi connectivity index (χ0v) is 6.04. The summed E-state index contributed by atoms with van der Waals surface area (Å²) in [5.41, 5.74) is 0. The van der Waals surface area contributed by atoms with Gasteiger partial charge in [-0.3, -0.25) is 0 Å². The molecule has 0 heterocycles. The molecule has 1 aliphatic rings. The Balaban J connectivity index is 2.65. The fourth-order valence-corrected chi connectivity index (χ4v) is 1.02. The Morgan fingerprint density at radius 2 is 2.30 bits per heavy atom. The minimum atomic E-state index is 0.0182. The van der Waals surface area contributed by atoms with Crippen molar-refractivity contribution in [2.75, 3.05) is 0 Å². The van der Waals surface area contributed by atoms with Crippen LogP contribution in [-0.4, -0.2) is 10.2 Å². The summed E-state index contributed by atoms with van der Waals surface area (Å²) in [4.78, 5) is 0. The first-order valence-electron chi connectivity index (χ1n) is 3.53. The molecule has 1 atom stereocenters. The maximum Gasteiger partial charge on any atom is 0.152 e. The van der Waals surface area contributed by atoms with Crippen LogP contribution in [0.1, 0.15) is 19.8 Å². The van der Waals surface area contributed by atoms with Crippen molar-refractivity contribution in [2.24, 2.45) is 5.92 Å². The molecular weight excluding hydrogens is 128 g/mol. The minimum Gasteiger partial charge on any atom is -0.508 e.